The van der Waals surface area contributed by atoms with E-state index in [1.54, 1.807) is 6.20 Å². The molecule has 0 unspecified atom stereocenters. The summed E-state index contributed by atoms with van der Waals surface area (Å²) in [5, 5.41) is 11.4. The van der Waals surface area contributed by atoms with Gasteiger partial charge in [0, 0.05) is 17.4 Å². The number of aromatic nitrogens is 3. The minimum atomic E-state index is 0.0266. The molecule has 0 aliphatic carbocycles. The van der Waals surface area contributed by atoms with Crippen LogP contribution < -0.4 is 5.32 Å². The summed E-state index contributed by atoms with van der Waals surface area (Å²) in [7, 11) is 0. The smallest absolute Gasteiger partial charge is 0.249 e. The quantitative estimate of drug-likeness (QED) is 0.900. The second kappa shape index (κ2) is 4.86. The lowest BCUT2D eigenvalue weighted by molar-refractivity contribution is 0.383. The van der Waals surface area contributed by atoms with Crippen LogP contribution in [0.1, 0.15) is 32.4 Å². The molecule has 0 radical (unpaired) electrons. The number of hydrogen-bond acceptors (Lipinski definition) is 5. The van der Waals surface area contributed by atoms with Gasteiger partial charge in [-0.05, 0) is 39.8 Å². The van der Waals surface area contributed by atoms with Crippen LogP contribution in [0.3, 0.4) is 0 Å². The lowest BCUT2D eigenvalue weighted by Gasteiger charge is -2.18. The van der Waals surface area contributed by atoms with Gasteiger partial charge in [0.15, 0.2) is 0 Å². The Morgan fingerprint density at radius 3 is 2.72 bits per heavy atom. The number of nitrogens with zero attached hydrogens (tertiary/aromatic N) is 3. The van der Waals surface area contributed by atoms with Crippen molar-refractivity contribution >= 4 is 0 Å². The van der Waals surface area contributed by atoms with E-state index < -0.39 is 0 Å². The molecule has 96 valence electrons. The second-order valence-electron chi connectivity index (χ2n) is 5.24. The third kappa shape index (κ3) is 3.13. The van der Waals surface area contributed by atoms with Crippen LogP contribution in [-0.2, 0) is 6.54 Å². The van der Waals surface area contributed by atoms with Gasteiger partial charge in [0.2, 0.25) is 11.8 Å². The number of aryl methyl sites for hydroxylation is 1. The molecule has 18 heavy (non-hydrogen) atoms. The Labute approximate surface area is 107 Å². The van der Waals surface area contributed by atoms with Crippen molar-refractivity contribution in [2.45, 2.75) is 39.8 Å². The predicted molar refractivity (Wildman–Crippen MR) is 68.9 cm³/mol. The standard InChI is InChI=1S/C13H18N4O/c1-9-10(6-5-7-14-9)12-17-16-11(18-12)8-15-13(2,3)4/h5-7,15H,8H2,1-4H3. The molecule has 2 aromatic rings. The number of hydrogen-bond donors (Lipinski definition) is 1. The highest BCUT2D eigenvalue weighted by Gasteiger charge is 2.14. The summed E-state index contributed by atoms with van der Waals surface area (Å²) in [5.41, 5.74) is 1.79. The van der Waals surface area contributed by atoms with Crippen molar-refractivity contribution in [2.75, 3.05) is 0 Å². The predicted octanol–water partition coefficient (Wildman–Crippen LogP) is 2.33. The van der Waals surface area contributed by atoms with E-state index in [0.717, 1.165) is 11.3 Å². The van der Waals surface area contributed by atoms with Crippen LogP contribution in [0.4, 0.5) is 0 Å². The van der Waals surface area contributed by atoms with Crippen molar-refractivity contribution in [3.05, 3.63) is 29.9 Å². The molecule has 0 amide bonds. The highest BCUT2D eigenvalue weighted by atomic mass is 16.4. The summed E-state index contributed by atoms with van der Waals surface area (Å²) in [6.45, 7) is 8.77. The molecule has 5 heteroatoms. The summed E-state index contributed by atoms with van der Waals surface area (Å²) in [6, 6.07) is 3.79. The lowest BCUT2D eigenvalue weighted by Crippen LogP contribution is -2.35. The maximum atomic E-state index is 5.62. The Morgan fingerprint density at radius 2 is 2.06 bits per heavy atom. The van der Waals surface area contributed by atoms with Crippen molar-refractivity contribution in [1.29, 1.82) is 0 Å². The van der Waals surface area contributed by atoms with Crippen LogP contribution in [-0.4, -0.2) is 20.7 Å². The maximum absolute atomic E-state index is 5.62. The molecule has 0 atom stereocenters. The van der Waals surface area contributed by atoms with Gasteiger partial charge in [-0.3, -0.25) is 4.98 Å². The molecular weight excluding hydrogens is 228 g/mol. The van der Waals surface area contributed by atoms with Gasteiger partial charge in [0.05, 0.1) is 12.1 Å². The highest BCUT2D eigenvalue weighted by Crippen LogP contribution is 2.19. The normalized spacial score (nSPS) is 11.8. The van der Waals surface area contributed by atoms with Crippen molar-refractivity contribution in [3.8, 4) is 11.5 Å². The van der Waals surface area contributed by atoms with Gasteiger partial charge < -0.3 is 9.73 Å². The molecule has 2 aromatic heterocycles. The zero-order chi connectivity index (χ0) is 13.2. The average molecular weight is 246 g/mol. The summed E-state index contributed by atoms with van der Waals surface area (Å²) in [5.74, 6) is 1.11. The molecule has 0 fully saturated rings. The Kier molecular flexibility index (Phi) is 3.43. The third-order valence-corrected chi connectivity index (χ3v) is 2.47. The zero-order valence-electron chi connectivity index (χ0n) is 11.2. The number of nitrogens with one attached hydrogen (secondary N) is 1. The number of pyridine rings is 1. The summed E-state index contributed by atoms with van der Waals surface area (Å²) < 4.78 is 5.62. The van der Waals surface area contributed by atoms with Gasteiger partial charge in [0.25, 0.3) is 0 Å². The molecule has 0 spiro atoms. The summed E-state index contributed by atoms with van der Waals surface area (Å²) >= 11 is 0. The number of rotatable bonds is 3. The summed E-state index contributed by atoms with van der Waals surface area (Å²) in [4.78, 5) is 4.21. The Bertz CT molecular complexity index is 528. The monoisotopic (exact) mass is 246 g/mol. The topological polar surface area (TPSA) is 63.8 Å². The van der Waals surface area contributed by atoms with Crippen LogP contribution in [0.25, 0.3) is 11.5 Å². The van der Waals surface area contributed by atoms with E-state index in [-0.39, 0.29) is 5.54 Å². The van der Waals surface area contributed by atoms with Gasteiger partial charge in [-0.1, -0.05) is 0 Å². The van der Waals surface area contributed by atoms with Gasteiger partial charge in [-0.15, -0.1) is 10.2 Å². The first-order valence-corrected chi connectivity index (χ1v) is 5.95. The summed E-state index contributed by atoms with van der Waals surface area (Å²) in [6.07, 6.45) is 1.75. The van der Waals surface area contributed by atoms with E-state index in [0.29, 0.717) is 18.3 Å². The van der Waals surface area contributed by atoms with E-state index >= 15 is 0 Å². The van der Waals surface area contributed by atoms with Crippen LogP contribution >= 0.6 is 0 Å². The van der Waals surface area contributed by atoms with Crippen molar-refractivity contribution in [1.82, 2.24) is 20.5 Å². The molecular formula is C13H18N4O. The third-order valence-electron chi connectivity index (χ3n) is 2.47. The minimum absolute atomic E-state index is 0.0266. The van der Waals surface area contributed by atoms with E-state index in [1.807, 2.05) is 19.1 Å². The first-order chi connectivity index (χ1) is 8.46. The molecule has 0 saturated heterocycles. The molecule has 1 N–H and O–H groups in total. The SMILES string of the molecule is Cc1ncccc1-c1nnc(CNC(C)(C)C)o1. The second-order valence-corrected chi connectivity index (χ2v) is 5.24. The molecule has 2 heterocycles. The van der Waals surface area contributed by atoms with Gasteiger partial charge in [-0.25, -0.2) is 0 Å². The van der Waals surface area contributed by atoms with Crippen LogP contribution in [0, 0.1) is 6.92 Å². The molecule has 0 aliphatic heterocycles. The maximum Gasteiger partial charge on any atom is 0.249 e. The van der Waals surface area contributed by atoms with Crippen LogP contribution in [0.2, 0.25) is 0 Å². The fourth-order valence-electron chi connectivity index (χ4n) is 1.48. The van der Waals surface area contributed by atoms with Gasteiger partial charge in [-0.2, -0.15) is 0 Å². The van der Waals surface area contributed by atoms with E-state index in [9.17, 15) is 0 Å². The fourth-order valence-corrected chi connectivity index (χ4v) is 1.48. The minimum Gasteiger partial charge on any atom is -0.419 e. The zero-order valence-corrected chi connectivity index (χ0v) is 11.2. The van der Waals surface area contributed by atoms with Crippen molar-refractivity contribution < 1.29 is 4.42 Å². The van der Waals surface area contributed by atoms with Gasteiger partial charge >= 0.3 is 0 Å². The van der Waals surface area contributed by atoms with E-state index in [4.69, 9.17) is 4.42 Å². The average Bonchev–Trinajstić information content (AvgIpc) is 2.75. The highest BCUT2D eigenvalue weighted by molar-refractivity contribution is 5.54. The van der Waals surface area contributed by atoms with Crippen LogP contribution in [0.5, 0.6) is 0 Å². The lowest BCUT2D eigenvalue weighted by atomic mass is 10.1. The Morgan fingerprint density at radius 1 is 1.28 bits per heavy atom. The fraction of sp³-hybridized carbons (Fsp3) is 0.462. The molecule has 0 saturated carbocycles. The van der Waals surface area contributed by atoms with Crippen molar-refractivity contribution in [2.24, 2.45) is 0 Å². The Hall–Kier alpha value is -1.75. The van der Waals surface area contributed by atoms with Crippen LogP contribution in [0.15, 0.2) is 22.7 Å². The largest absolute Gasteiger partial charge is 0.419 e. The Balaban J connectivity index is 2.14. The van der Waals surface area contributed by atoms with E-state index in [1.165, 1.54) is 0 Å². The van der Waals surface area contributed by atoms with Gasteiger partial charge in [0.1, 0.15) is 0 Å². The first kappa shape index (κ1) is 12.7. The van der Waals surface area contributed by atoms with Crippen molar-refractivity contribution in [3.63, 3.8) is 0 Å². The molecule has 0 aromatic carbocycles. The molecule has 5 nitrogen and oxygen atoms in total. The molecule has 2 rings (SSSR count). The molecule has 0 bridgehead atoms. The van der Waals surface area contributed by atoms with E-state index in [2.05, 4.69) is 41.3 Å². The first-order valence-electron chi connectivity index (χ1n) is 5.95. The molecule has 0 aliphatic rings.